The molecule has 0 radical (unpaired) electrons. The highest BCUT2D eigenvalue weighted by Crippen LogP contribution is 2.27. The first-order valence-electron chi connectivity index (χ1n) is 5.97. The predicted octanol–water partition coefficient (Wildman–Crippen LogP) is 3.93. The second-order valence-corrected chi connectivity index (χ2v) is 4.71. The normalized spacial score (nSPS) is 11.3. The van der Waals surface area contributed by atoms with Crippen molar-refractivity contribution >= 4 is 17.6 Å². The quantitative estimate of drug-likeness (QED) is 0.862. The summed E-state index contributed by atoms with van der Waals surface area (Å²) in [6, 6.07) is 7.97. The van der Waals surface area contributed by atoms with Gasteiger partial charge in [0.1, 0.15) is 10.9 Å². The molecule has 116 valence electrons. The highest BCUT2D eigenvalue weighted by molar-refractivity contribution is 6.29. The fourth-order valence-corrected chi connectivity index (χ4v) is 2.03. The summed E-state index contributed by atoms with van der Waals surface area (Å²) in [6.07, 6.45) is -4.99. The van der Waals surface area contributed by atoms with E-state index in [-0.39, 0.29) is 17.3 Å². The number of nitrogens with zero attached hydrogens (tertiary/aromatic N) is 1. The van der Waals surface area contributed by atoms with Crippen molar-refractivity contribution in [1.82, 2.24) is 4.98 Å². The van der Waals surface area contributed by atoms with Gasteiger partial charge in [-0.05, 0) is 42.0 Å². The van der Waals surface area contributed by atoms with Crippen LogP contribution < -0.4 is 4.74 Å². The monoisotopic (exact) mass is 331 g/mol. The molecule has 0 spiro atoms. The van der Waals surface area contributed by atoms with Crippen molar-refractivity contribution in [2.75, 3.05) is 0 Å². The number of halogens is 4. The van der Waals surface area contributed by atoms with Crippen LogP contribution in [0.25, 0.3) is 11.3 Å². The van der Waals surface area contributed by atoms with Crippen LogP contribution in [0.15, 0.2) is 36.4 Å². The van der Waals surface area contributed by atoms with E-state index >= 15 is 0 Å². The van der Waals surface area contributed by atoms with E-state index in [1.807, 2.05) is 0 Å². The van der Waals surface area contributed by atoms with E-state index < -0.39 is 12.3 Å². The Labute approximate surface area is 128 Å². The Morgan fingerprint density at radius 1 is 1.23 bits per heavy atom. The van der Waals surface area contributed by atoms with Crippen molar-refractivity contribution in [2.45, 2.75) is 12.8 Å². The Balaban J connectivity index is 2.28. The van der Waals surface area contributed by atoms with Crippen LogP contribution in [0.2, 0.25) is 5.15 Å². The first-order chi connectivity index (χ1) is 10.2. The minimum Gasteiger partial charge on any atom is -0.481 e. The molecule has 0 atom stereocenters. The van der Waals surface area contributed by atoms with Gasteiger partial charge in [0, 0.05) is 5.56 Å². The van der Waals surface area contributed by atoms with Gasteiger partial charge in [0.2, 0.25) is 0 Å². The summed E-state index contributed by atoms with van der Waals surface area (Å²) < 4.78 is 40.0. The number of hydrogen-bond donors (Lipinski definition) is 1. The average Bonchev–Trinajstić information content (AvgIpc) is 2.36. The van der Waals surface area contributed by atoms with Crippen LogP contribution in [0.1, 0.15) is 5.56 Å². The van der Waals surface area contributed by atoms with Crippen molar-refractivity contribution in [3.05, 3.63) is 47.1 Å². The average molecular weight is 332 g/mol. The zero-order valence-corrected chi connectivity index (χ0v) is 11.6. The van der Waals surface area contributed by atoms with Crippen LogP contribution in [0.5, 0.6) is 5.75 Å². The molecule has 1 N–H and O–H groups in total. The SMILES string of the molecule is O=C(O)Cc1cc(Cl)nc(-c2ccc(OC(F)(F)F)cc2)c1. The van der Waals surface area contributed by atoms with E-state index in [0.29, 0.717) is 16.8 Å². The summed E-state index contributed by atoms with van der Waals surface area (Å²) >= 11 is 5.82. The van der Waals surface area contributed by atoms with Crippen molar-refractivity contribution in [1.29, 1.82) is 0 Å². The van der Waals surface area contributed by atoms with Crippen LogP contribution in [-0.2, 0) is 11.2 Å². The Bertz CT molecular complexity index is 687. The molecule has 0 saturated heterocycles. The van der Waals surface area contributed by atoms with Crippen molar-refractivity contribution < 1.29 is 27.8 Å². The molecule has 0 bridgehead atoms. The molecule has 0 unspecified atom stereocenters. The number of hydrogen-bond acceptors (Lipinski definition) is 3. The first-order valence-corrected chi connectivity index (χ1v) is 6.35. The van der Waals surface area contributed by atoms with E-state index in [2.05, 4.69) is 9.72 Å². The van der Waals surface area contributed by atoms with Crippen LogP contribution in [0.4, 0.5) is 13.2 Å². The molecule has 4 nitrogen and oxygen atoms in total. The van der Waals surface area contributed by atoms with Gasteiger partial charge >= 0.3 is 12.3 Å². The maximum absolute atomic E-state index is 12.1. The molecule has 2 rings (SSSR count). The number of carbonyl (C=O) groups is 1. The summed E-state index contributed by atoms with van der Waals surface area (Å²) in [5, 5.41) is 8.88. The molecule has 0 fully saturated rings. The smallest absolute Gasteiger partial charge is 0.481 e. The molecule has 2 aromatic rings. The van der Waals surface area contributed by atoms with Gasteiger partial charge in [-0.15, -0.1) is 13.2 Å². The van der Waals surface area contributed by atoms with Gasteiger partial charge in [0.05, 0.1) is 12.1 Å². The molecule has 8 heteroatoms. The summed E-state index contributed by atoms with van der Waals surface area (Å²) in [5.74, 6) is -1.38. The third kappa shape index (κ3) is 4.63. The van der Waals surface area contributed by atoms with E-state index in [0.717, 1.165) is 12.1 Å². The fraction of sp³-hybridized carbons (Fsp3) is 0.143. The third-order valence-corrected chi connectivity index (χ3v) is 2.79. The van der Waals surface area contributed by atoms with Gasteiger partial charge in [-0.25, -0.2) is 4.98 Å². The van der Waals surface area contributed by atoms with E-state index in [4.69, 9.17) is 16.7 Å². The molecule has 1 aromatic carbocycles. The zero-order chi connectivity index (χ0) is 16.3. The van der Waals surface area contributed by atoms with E-state index in [1.54, 1.807) is 0 Å². The number of benzene rings is 1. The van der Waals surface area contributed by atoms with Crippen molar-refractivity contribution in [2.24, 2.45) is 0 Å². The highest BCUT2D eigenvalue weighted by atomic mass is 35.5. The predicted molar refractivity (Wildman–Crippen MR) is 72.7 cm³/mol. The molecule has 0 saturated carbocycles. The molecule has 0 aliphatic rings. The lowest BCUT2D eigenvalue weighted by Gasteiger charge is -2.09. The van der Waals surface area contributed by atoms with Crippen LogP contribution in [0, 0.1) is 0 Å². The van der Waals surface area contributed by atoms with Gasteiger partial charge in [-0.3, -0.25) is 4.79 Å². The van der Waals surface area contributed by atoms with Crippen molar-refractivity contribution in [3.63, 3.8) is 0 Å². The van der Waals surface area contributed by atoms with Gasteiger partial charge in [-0.2, -0.15) is 0 Å². The topological polar surface area (TPSA) is 59.4 Å². The molecule has 1 heterocycles. The number of aromatic nitrogens is 1. The number of carboxylic acids is 1. The van der Waals surface area contributed by atoms with Gasteiger partial charge in [0.15, 0.2) is 0 Å². The maximum Gasteiger partial charge on any atom is 0.573 e. The lowest BCUT2D eigenvalue weighted by Crippen LogP contribution is -2.16. The van der Waals surface area contributed by atoms with Crippen LogP contribution >= 0.6 is 11.6 Å². The maximum atomic E-state index is 12.1. The second-order valence-electron chi connectivity index (χ2n) is 4.33. The van der Waals surface area contributed by atoms with Crippen LogP contribution in [-0.4, -0.2) is 22.4 Å². The fourth-order valence-electron chi connectivity index (χ4n) is 1.80. The number of rotatable bonds is 4. The molecule has 0 aliphatic heterocycles. The minimum atomic E-state index is -4.76. The molecule has 22 heavy (non-hydrogen) atoms. The first kappa shape index (κ1) is 16.1. The number of pyridine rings is 1. The van der Waals surface area contributed by atoms with E-state index in [1.165, 1.54) is 24.3 Å². The minimum absolute atomic E-state index is 0.101. The number of alkyl halides is 3. The molecule has 1 aromatic heterocycles. The molecular weight excluding hydrogens is 323 g/mol. The third-order valence-electron chi connectivity index (χ3n) is 2.59. The largest absolute Gasteiger partial charge is 0.573 e. The van der Waals surface area contributed by atoms with Gasteiger partial charge < -0.3 is 9.84 Å². The Hall–Kier alpha value is -2.28. The number of aliphatic carboxylic acids is 1. The van der Waals surface area contributed by atoms with Gasteiger partial charge in [0.25, 0.3) is 0 Å². The summed E-state index contributed by atoms with van der Waals surface area (Å²) in [5.41, 5.74) is 1.30. The number of ether oxygens (including phenoxy) is 1. The Morgan fingerprint density at radius 2 is 1.86 bits per heavy atom. The Kier molecular flexibility index (Phi) is 4.56. The lowest BCUT2D eigenvalue weighted by atomic mass is 10.1. The van der Waals surface area contributed by atoms with E-state index in [9.17, 15) is 18.0 Å². The van der Waals surface area contributed by atoms with Crippen molar-refractivity contribution in [3.8, 4) is 17.0 Å². The van der Waals surface area contributed by atoms with Crippen LogP contribution in [0.3, 0.4) is 0 Å². The zero-order valence-electron chi connectivity index (χ0n) is 10.9. The molecular formula is C14H9ClF3NO3. The highest BCUT2D eigenvalue weighted by Gasteiger charge is 2.30. The Morgan fingerprint density at radius 3 is 2.41 bits per heavy atom. The summed E-state index contributed by atoms with van der Waals surface area (Å²) in [4.78, 5) is 14.7. The van der Waals surface area contributed by atoms with Gasteiger partial charge in [-0.1, -0.05) is 11.6 Å². The molecule has 0 aliphatic carbocycles. The standard InChI is InChI=1S/C14H9ClF3NO3/c15-12-6-8(7-13(20)21)5-11(19-12)9-1-3-10(4-2-9)22-14(16,17)18/h1-6H,7H2,(H,20,21). The summed E-state index contributed by atoms with van der Waals surface area (Å²) in [6.45, 7) is 0. The lowest BCUT2D eigenvalue weighted by molar-refractivity contribution is -0.274. The second kappa shape index (κ2) is 6.23. The number of carboxylic acid groups (broad SMARTS) is 1. The molecule has 0 amide bonds. The summed E-state index contributed by atoms with van der Waals surface area (Å²) in [7, 11) is 0.